The number of thiocarbonyl (C=S) groups is 1. The van der Waals surface area contributed by atoms with Crippen LogP contribution in [0.3, 0.4) is 0 Å². The number of anilines is 1. The standard InChI is InChI=1S/C26H25N3O2S/c1-28-23(18-10-6-4-7-11-18)22(25(30)27-20-12-8-5-9-13-20)24(29(2)26(28)32)19-14-16-21(31-3)17-15-19/h4-17,24H,1-3H3,(H,27,30)/t24-/m1/s1. The summed E-state index contributed by atoms with van der Waals surface area (Å²) in [6, 6.07) is 26.8. The molecule has 1 heterocycles. The minimum Gasteiger partial charge on any atom is -0.497 e. The average molecular weight is 444 g/mol. The molecule has 0 spiro atoms. The van der Waals surface area contributed by atoms with Crippen LogP contribution in [0.15, 0.2) is 90.5 Å². The van der Waals surface area contributed by atoms with Crippen LogP contribution in [0.4, 0.5) is 5.69 Å². The molecule has 6 heteroatoms. The van der Waals surface area contributed by atoms with Crippen LogP contribution in [0.25, 0.3) is 5.70 Å². The van der Waals surface area contributed by atoms with Crippen LogP contribution in [-0.2, 0) is 4.79 Å². The average Bonchev–Trinajstić information content (AvgIpc) is 2.83. The van der Waals surface area contributed by atoms with E-state index in [1.165, 1.54) is 0 Å². The number of hydrogen-bond acceptors (Lipinski definition) is 3. The molecule has 0 saturated carbocycles. The predicted octanol–water partition coefficient (Wildman–Crippen LogP) is 4.95. The Labute approximate surface area is 193 Å². The highest BCUT2D eigenvalue weighted by atomic mass is 32.1. The molecule has 4 rings (SSSR count). The van der Waals surface area contributed by atoms with Crippen molar-refractivity contribution < 1.29 is 9.53 Å². The first-order chi connectivity index (χ1) is 15.5. The maximum absolute atomic E-state index is 13.8. The molecule has 1 N–H and O–H groups in total. The second-order valence-corrected chi connectivity index (χ2v) is 7.94. The van der Waals surface area contributed by atoms with Gasteiger partial charge in [-0.1, -0.05) is 60.7 Å². The topological polar surface area (TPSA) is 44.8 Å². The van der Waals surface area contributed by atoms with Crippen LogP contribution in [0.2, 0.25) is 0 Å². The smallest absolute Gasteiger partial charge is 0.256 e. The number of rotatable bonds is 5. The molecule has 0 aromatic heterocycles. The number of ether oxygens (including phenoxy) is 1. The van der Waals surface area contributed by atoms with Crippen LogP contribution >= 0.6 is 12.2 Å². The number of benzene rings is 3. The van der Waals surface area contributed by atoms with Gasteiger partial charge in [0.15, 0.2) is 5.11 Å². The third-order valence-electron chi connectivity index (χ3n) is 5.59. The molecule has 1 aliphatic rings. The van der Waals surface area contributed by atoms with Gasteiger partial charge >= 0.3 is 0 Å². The maximum Gasteiger partial charge on any atom is 0.256 e. The second-order valence-electron chi connectivity index (χ2n) is 7.58. The first-order valence-electron chi connectivity index (χ1n) is 10.3. The quantitative estimate of drug-likeness (QED) is 0.566. The Morgan fingerprint density at radius 3 is 2.09 bits per heavy atom. The van der Waals surface area contributed by atoms with Crippen molar-refractivity contribution in [1.29, 1.82) is 0 Å². The molecule has 0 saturated heterocycles. The third-order valence-corrected chi connectivity index (χ3v) is 6.16. The summed E-state index contributed by atoms with van der Waals surface area (Å²) in [5.74, 6) is 0.589. The molecule has 1 amide bonds. The number of hydrogen-bond donors (Lipinski definition) is 1. The fourth-order valence-corrected chi connectivity index (χ4v) is 4.22. The first-order valence-corrected chi connectivity index (χ1v) is 10.7. The molecule has 1 atom stereocenters. The molecule has 0 aliphatic carbocycles. The summed E-state index contributed by atoms with van der Waals surface area (Å²) in [5, 5.41) is 3.71. The molecule has 1 aliphatic heterocycles. The fraction of sp³-hybridized carbons (Fsp3) is 0.154. The number of carbonyl (C=O) groups is 1. The van der Waals surface area contributed by atoms with Crippen LogP contribution in [0, 0.1) is 0 Å². The Balaban J connectivity index is 1.91. The molecule has 0 bridgehead atoms. The van der Waals surface area contributed by atoms with Gasteiger partial charge in [-0.25, -0.2) is 0 Å². The van der Waals surface area contributed by atoms with Gasteiger partial charge in [-0.15, -0.1) is 0 Å². The van der Waals surface area contributed by atoms with E-state index >= 15 is 0 Å². The number of amides is 1. The monoisotopic (exact) mass is 443 g/mol. The minimum atomic E-state index is -0.358. The van der Waals surface area contributed by atoms with E-state index in [2.05, 4.69) is 5.32 Å². The SMILES string of the molecule is COc1ccc([C@@H]2C(C(=O)Nc3ccccc3)=C(c3ccccc3)N(C)C(=S)N2C)cc1. The van der Waals surface area contributed by atoms with Gasteiger partial charge in [-0.05, 0) is 47.6 Å². The molecule has 162 valence electrons. The number of methoxy groups -OCH3 is 1. The van der Waals surface area contributed by atoms with Gasteiger partial charge in [0.2, 0.25) is 0 Å². The van der Waals surface area contributed by atoms with Crippen molar-refractivity contribution in [1.82, 2.24) is 9.80 Å². The van der Waals surface area contributed by atoms with Gasteiger partial charge in [0.25, 0.3) is 5.91 Å². The summed E-state index contributed by atoms with van der Waals surface area (Å²) in [5.41, 5.74) is 4.05. The van der Waals surface area contributed by atoms with Crippen LogP contribution in [0.5, 0.6) is 5.75 Å². The predicted molar refractivity (Wildman–Crippen MR) is 132 cm³/mol. The van der Waals surface area contributed by atoms with Crippen molar-refractivity contribution in [2.45, 2.75) is 6.04 Å². The van der Waals surface area contributed by atoms with E-state index in [1.54, 1.807) is 7.11 Å². The van der Waals surface area contributed by atoms with Crippen molar-refractivity contribution in [2.24, 2.45) is 0 Å². The van der Waals surface area contributed by atoms with Crippen LogP contribution in [-0.4, -0.2) is 42.0 Å². The van der Waals surface area contributed by atoms with Gasteiger partial charge in [0.1, 0.15) is 5.75 Å². The maximum atomic E-state index is 13.8. The van der Waals surface area contributed by atoms with Gasteiger partial charge in [-0.3, -0.25) is 4.79 Å². The highest BCUT2D eigenvalue weighted by Gasteiger charge is 2.38. The highest BCUT2D eigenvalue weighted by molar-refractivity contribution is 7.80. The molecular weight excluding hydrogens is 418 g/mol. The lowest BCUT2D eigenvalue weighted by atomic mass is 9.90. The Hall–Kier alpha value is -3.64. The molecular formula is C26H25N3O2S. The van der Waals surface area contributed by atoms with Crippen molar-refractivity contribution in [3.05, 3.63) is 102 Å². The lowest BCUT2D eigenvalue weighted by molar-refractivity contribution is -0.113. The Morgan fingerprint density at radius 1 is 0.906 bits per heavy atom. The number of carbonyl (C=O) groups excluding carboxylic acids is 1. The van der Waals surface area contributed by atoms with Crippen molar-refractivity contribution >= 4 is 34.6 Å². The summed E-state index contributed by atoms with van der Waals surface area (Å²) in [6.07, 6.45) is 0. The summed E-state index contributed by atoms with van der Waals surface area (Å²) < 4.78 is 5.33. The molecule has 5 nitrogen and oxygen atoms in total. The molecule has 0 unspecified atom stereocenters. The van der Waals surface area contributed by atoms with Gasteiger partial charge in [0.05, 0.1) is 24.4 Å². The summed E-state index contributed by atoms with van der Waals surface area (Å²) in [4.78, 5) is 17.6. The van der Waals surface area contributed by atoms with Crippen LogP contribution < -0.4 is 10.1 Å². The van der Waals surface area contributed by atoms with E-state index in [-0.39, 0.29) is 11.9 Å². The van der Waals surface area contributed by atoms with Gasteiger partial charge in [-0.2, -0.15) is 0 Å². The number of para-hydroxylation sites is 1. The van der Waals surface area contributed by atoms with Crippen LogP contribution in [0.1, 0.15) is 17.2 Å². The Bertz CT molecular complexity index is 1140. The summed E-state index contributed by atoms with van der Waals surface area (Å²) >= 11 is 5.78. The van der Waals surface area contributed by atoms with Gasteiger partial charge < -0.3 is 19.9 Å². The first kappa shape index (κ1) is 21.6. The molecule has 3 aromatic carbocycles. The van der Waals surface area contributed by atoms with E-state index in [0.717, 1.165) is 28.3 Å². The molecule has 32 heavy (non-hydrogen) atoms. The molecule has 0 fully saturated rings. The summed E-state index contributed by atoms with van der Waals surface area (Å²) in [7, 11) is 5.46. The van der Waals surface area contributed by atoms with Crippen molar-refractivity contribution in [3.8, 4) is 5.75 Å². The van der Waals surface area contributed by atoms with Crippen molar-refractivity contribution in [2.75, 3.05) is 26.5 Å². The van der Waals surface area contributed by atoms with E-state index < -0.39 is 0 Å². The molecule has 3 aromatic rings. The third kappa shape index (κ3) is 4.09. The lowest BCUT2D eigenvalue weighted by Gasteiger charge is -2.43. The normalized spacial score (nSPS) is 16.2. The van der Waals surface area contributed by atoms with E-state index in [0.29, 0.717) is 10.7 Å². The molecule has 0 radical (unpaired) electrons. The van der Waals surface area contributed by atoms with E-state index in [1.807, 2.05) is 109 Å². The zero-order chi connectivity index (χ0) is 22.7. The lowest BCUT2D eigenvalue weighted by Crippen LogP contribution is -2.47. The summed E-state index contributed by atoms with van der Waals surface area (Å²) in [6.45, 7) is 0. The van der Waals surface area contributed by atoms with Gasteiger partial charge in [0, 0.05) is 19.8 Å². The zero-order valence-electron chi connectivity index (χ0n) is 18.3. The van der Waals surface area contributed by atoms with E-state index in [9.17, 15) is 4.79 Å². The van der Waals surface area contributed by atoms with Crippen molar-refractivity contribution in [3.63, 3.8) is 0 Å². The van der Waals surface area contributed by atoms with E-state index in [4.69, 9.17) is 17.0 Å². The Kier molecular flexibility index (Phi) is 6.23. The zero-order valence-corrected chi connectivity index (χ0v) is 19.1. The highest BCUT2D eigenvalue weighted by Crippen LogP contribution is 2.40. The fourth-order valence-electron chi connectivity index (χ4n) is 4.02. The number of nitrogens with zero attached hydrogens (tertiary/aromatic N) is 2. The number of nitrogens with one attached hydrogen (secondary N) is 1. The second kappa shape index (κ2) is 9.24. The Morgan fingerprint density at radius 2 is 1.50 bits per heavy atom. The minimum absolute atomic E-state index is 0.169. The largest absolute Gasteiger partial charge is 0.497 e. The number of likely N-dealkylation sites (N-methyl/N-ethyl adjacent to an activating group) is 1.